The topological polar surface area (TPSA) is 80.1 Å². The van der Waals surface area contributed by atoms with Gasteiger partial charge in [0.05, 0.1) is 15.6 Å². The average Bonchev–Trinajstić information content (AvgIpc) is 3.30. The second-order valence-electron chi connectivity index (χ2n) is 12.5. The Morgan fingerprint density at radius 1 is 1.11 bits per heavy atom. The second-order valence-corrected chi connectivity index (χ2v) is 13.3. The maximum Gasteiger partial charge on any atom is 0.243 e. The van der Waals surface area contributed by atoms with Gasteiger partial charge in [-0.3, -0.25) is 14.9 Å². The summed E-state index contributed by atoms with van der Waals surface area (Å²) in [7, 11) is 0. The Bertz CT molecular complexity index is 1370. The van der Waals surface area contributed by atoms with Crippen molar-refractivity contribution in [1.29, 1.82) is 0 Å². The van der Waals surface area contributed by atoms with Crippen LogP contribution in [0.1, 0.15) is 76.3 Å². The molecule has 4 atom stereocenters. The van der Waals surface area contributed by atoms with Crippen molar-refractivity contribution < 1.29 is 18.4 Å². The number of fused-ring (bicyclic) bond motifs is 4. The summed E-state index contributed by atoms with van der Waals surface area (Å²) in [6.07, 6.45) is 5.38. The first-order valence-corrected chi connectivity index (χ1v) is 14.0. The molecule has 2 aromatic carbocycles. The third-order valence-corrected chi connectivity index (χ3v) is 9.62. The first kappa shape index (κ1) is 26.0. The SMILES string of the molecule is CC(C)(C)C[C@@]12N[C@]1(C(=O)NC1CCCCC1)[C@H](c1cccc(Cl)c1F)[C@@]21C(=O)Nc2cc(Cl)c(F)cc21. The van der Waals surface area contributed by atoms with Crippen LogP contribution >= 0.6 is 23.2 Å². The van der Waals surface area contributed by atoms with Crippen molar-refractivity contribution >= 4 is 40.7 Å². The van der Waals surface area contributed by atoms with Crippen LogP contribution in [0.2, 0.25) is 10.0 Å². The highest BCUT2D eigenvalue weighted by molar-refractivity contribution is 6.31. The zero-order valence-corrected chi connectivity index (χ0v) is 23.1. The lowest BCUT2D eigenvalue weighted by Crippen LogP contribution is -2.73. The van der Waals surface area contributed by atoms with Gasteiger partial charge in [0, 0.05) is 17.6 Å². The summed E-state index contributed by atoms with van der Waals surface area (Å²) >= 11 is 12.3. The molecule has 3 N–H and O–H groups in total. The average molecular weight is 562 g/mol. The van der Waals surface area contributed by atoms with Crippen LogP contribution in [0.4, 0.5) is 14.5 Å². The van der Waals surface area contributed by atoms with Gasteiger partial charge in [0.15, 0.2) is 0 Å². The number of hydrogen-bond donors (Lipinski definition) is 3. The van der Waals surface area contributed by atoms with Crippen molar-refractivity contribution in [2.24, 2.45) is 5.41 Å². The van der Waals surface area contributed by atoms with Crippen molar-refractivity contribution in [3.8, 4) is 0 Å². The highest BCUT2D eigenvalue weighted by Crippen LogP contribution is 2.80. The molecule has 2 aliphatic carbocycles. The fraction of sp³-hybridized carbons (Fsp3) is 0.517. The zero-order chi connectivity index (χ0) is 27.3. The van der Waals surface area contributed by atoms with E-state index in [0.717, 1.165) is 32.1 Å². The van der Waals surface area contributed by atoms with Gasteiger partial charge in [-0.1, -0.05) is 75.4 Å². The van der Waals surface area contributed by atoms with E-state index in [1.165, 1.54) is 18.2 Å². The van der Waals surface area contributed by atoms with Crippen molar-refractivity contribution in [2.45, 2.75) is 87.7 Å². The molecule has 38 heavy (non-hydrogen) atoms. The maximum absolute atomic E-state index is 15.8. The highest BCUT2D eigenvalue weighted by atomic mass is 35.5. The number of carbonyl (C=O) groups is 2. The highest BCUT2D eigenvalue weighted by Gasteiger charge is 2.97. The predicted octanol–water partition coefficient (Wildman–Crippen LogP) is 6.22. The molecule has 6 rings (SSSR count). The van der Waals surface area contributed by atoms with Crippen LogP contribution in [-0.2, 0) is 15.0 Å². The summed E-state index contributed by atoms with van der Waals surface area (Å²) in [5, 5.41) is 9.36. The van der Waals surface area contributed by atoms with E-state index in [9.17, 15) is 14.0 Å². The molecule has 2 saturated carbocycles. The van der Waals surface area contributed by atoms with Crippen molar-refractivity contribution in [3.63, 3.8) is 0 Å². The summed E-state index contributed by atoms with van der Waals surface area (Å²) in [6, 6.07) is 7.29. The summed E-state index contributed by atoms with van der Waals surface area (Å²) < 4.78 is 30.8. The summed E-state index contributed by atoms with van der Waals surface area (Å²) in [5.41, 5.74) is -3.19. The van der Waals surface area contributed by atoms with Crippen LogP contribution in [-0.4, -0.2) is 28.9 Å². The Hall–Kier alpha value is -2.22. The predicted molar refractivity (Wildman–Crippen MR) is 144 cm³/mol. The molecule has 2 heterocycles. The Kier molecular flexibility index (Phi) is 5.75. The van der Waals surface area contributed by atoms with Crippen LogP contribution in [0.5, 0.6) is 0 Å². The third kappa shape index (κ3) is 3.24. The van der Waals surface area contributed by atoms with Crippen LogP contribution in [0, 0.1) is 17.0 Å². The Labute approximate surface area is 231 Å². The monoisotopic (exact) mass is 561 g/mol. The number of amides is 2. The third-order valence-electron chi connectivity index (χ3n) is 9.04. The molecule has 0 bridgehead atoms. The minimum atomic E-state index is -1.45. The van der Waals surface area contributed by atoms with Gasteiger partial charge in [-0.25, -0.2) is 8.78 Å². The number of benzene rings is 2. The summed E-state index contributed by atoms with van der Waals surface area (Å²) in [5.74, 6) is -2.98. The van der Waals surface area contributed by atoms with E-state index in [4.69, 9.17) is 23.2 Å². The van der Waals surface area contributed by atoms with Crippen molar-refractivity contribution in [1.82, 2.24) is 10.6 Å². The molecule has 0 unspecified atom stereocenters. The Morgan fingerprint density at radius 2 is 1.82 bits per heavy atom. The molecule has 5 nitrogen and oxygen atoms in total. The van der Waals surface area contributed by atoms with Gasteiger partial charge in [0.1, 0.15) is 22.6 Å². The molecule has 1 spiro atoms. The number of halogens is 4. The molecule has 1 saturated heterocycles. The van der Waals surface area contributed by atoms with E-state index in [1.54, 1.807) is 12.1 Å². The lowest BCUT2D eigenvalue weighted by molar-refractivity contribution is -0.136. The second kappa shape index (κ2) is 8.39. The van der Waals surface area contributed by atoms with E-state index in [0.29, 0.717) is 17.7 Å². The fourth-order valence-corrected chi connectivity index (χ4v) is 8.16. The number of nitrogens with one attached hydrogen (secondary N) is 3. The smallest absolute Gasteiger partial charge is 0.243 e. The lowest BCUT2D eigenvalue weighted by Gasteiger charge is -2.56. The Balaban J connectivity index is 1.58. The van der Waals surface area contributed by atoms with E-state index in [1.807, 2.05) is 20.8 Å². The van der Waals surface area contributed by atoms with E-state index >= 15 is 4.39 Å². The van der Waals surface area contributed by atoms with E-state index in [-0.39, 0.29) is 33.0 Å². The molecule has 202 valence electrons. The molecule has 2 amide bonds. The molecule has 9 heteroatoms. The summed E-state index contributed by atoms with van der Waals surface area (Å²) in [6.45, 7) is 6.09. The van der Waals surface area contributed by atoms with E-state index < -0.39 is 40.0 Å². The molecule has 0 aromatic heterocycles. The van der Waals surface area contributed by atoms with Gasteiger partial charge in [-0.15, -0.1) is 0 Å². The van der Waals surface area contributed by atoms with Crippen molar-refractivity contribution in [2.75, 3.05) is 5.32 Å². The summed E-state index contributed by atoms with van der Waals surface area (Å²) in [4.78, 5) is 28.4. The van der Waals surface area contributed by atoms with Crippen LogP contribution in [0.3, 0.4) is 0 Å². The van der Waals surface area contributed by atoms with E-state index in [2.05, 4.69) is 16.0 Å². The number of hydrogen-bond acceptors (Lipinski definition) is 3. The van der Waals surface area contributed by atoms with Crippen LogP contribution < -0.4 is 16.0 Å². The minimum absolute atomic E-state index is 0.0164. The molecule has 2 aromatic rings. The van der Waals surface area contributed by atoms with Gasteiger partial charge >= 0.3 is 0 Å². The largest absolute Gasteiger partial charge is 0.352 e. The standard InChI is InChI=1S/C29H31Cl2F2N3O2/c1-26(2,3)14-27-28(17-12-20(32)19(31)13-21(17)35-24(28)37)23(16-10-7-11-18(30)22(16)33)29(27,36-27)25(38)34-15-8-5-4-6-9-15/h7,10-13,15,23,36H,4-6,8-9,14H2,1-3H3,(H,34,38)(H,35,37)/t23-,27+,28+,29+/m1/s1. The van der Waals surface area contributed by atoms with Gasteiger partial charge in [-0.2, -0.15) is 0 Å². The molecular formula is C29H31Cl2F2N3O2. The number of rotatable bonds is 4. The van der Waals surface area contributed by atoms with Crippen LogP contribution in [0.25, 0.3) is 0 Å². The molecule has 0 radical (unpaired) electrons. The molecule has 2 aliphatic heterocycles. The van der Waals surface area contributed by atoms with Gasteiger partial charge in [0.25, 0.3) is 0 Å². The lowest BCUT2D eigenvalue weighted by atomic mass is 9.41. The van der Waals surface area contributed by atoms with Crippen LogP contribution in [0.15, 0.2) is 30.3 Å². The normalized spacial score (nSPS) is 31.9. The number of carbonyl (C=O) groups excluding carboxylic acids is 2. The number of anilines is 1. The first-order chi connectivity index (χ1) is 17.9. The first-order valence-electron chi connectivity index (χ1n) is 13.2. The quantitative estimate of drug-likeness (QED) is 0.387. The van der Waals surface area contributed by atoms with Gasteiger partial charge < -0.3 is 10.6 Å². The van der Waals surface area contributed by atoms with Gasteiger partial charge in [0.2, 0.25) is 11.8 Å². The van der Waals surface area contributed by atoms with Gasteiger partial charge in [-0.05, 0) is 54.0 Å². The maximum atomic E-state index is 15.8. The Morgan fingerprint density at radius 3 is 2.50 bits per heavy atom. The fourth-order valence-electron chi connectivity index (χ4n) is 7.81. The zero-order valence-electron chi connectivity index (χ0n) is 21.6. The van der Waals surface area contributed by atoms with Crippen molar-refractivity contribution in [3.05, 3.63) is 63.1 Å². The minimum Gasteiger partial charge on any atom is -0.352 e. The molecular weight excluding hydrogens is 531 g/mol. The molecule has 3 fully saturated rings. The molecule has 4 aliphatic rings.